The molecule has 1 aliphatic rings. The van der Waals surface area contributed by atoms with Gasteiger partial charge >= 0.3 is 12.0 Å². The summed E-state index contributed by atoms with van der Waals surface area (Å²) < 4.78 is 0. The fourth-order valence-electron chi connectivity index (χ4n) is 3.02. The summed E-state index contributed by atoms with van der Waals surface area (Å²) in [6.45, 7) is 4.78. The standard InChI is InChI=1S/C15H28N2O3/c1-4-12-7-5-6-8-13(12)9-16-15(20)17(3)10-11(2)14(18)19/h11-13H,4-10H2,1-3H3,(H,16,20)(H,18,19). The first-order chi connectivity index (χ1) is 9.45. The van der Waals surface area contributed by atoms with Gasteiger partial charge in [-0.05, 0) is 18.3 Å². The van der Waals surface area contributed by atoms with Gasteiger partial charge in [-0.3, -0.25) is 4.79 Å². The Labute approximate surface area is 121 Å². The van der Waals surface area contributed by atoms with E-state index in [-0.39, 0.29) is 12.6 Å². The zero-order chi connectivity index (χ0) is 15.1. The van der Waals surface area contributed by atoms with Crippen LogP contribution in [-0.4, -0.2) is 42.1 Å². The maximum absolute atomic E-state index is 12.0. The topological polar surface area (TPSA) is 69.6 Å². The molecule has 1 rings (SSSR count). The van der Waals surface area contributed by atoms with Crippen molar-refractivity contribution in [2.45, 2.75) is 46.0 Å². The Kier molecular flexibility index (Phi) is 6.82. The van der Waals surface area contributed by atoms with Gasteiger partial charge in [0.1, 0.15) is 0 Å². The second-order valence-electron chi connectivity index (χ2n) is 6.02. The van der Waals surface area contributed by atoms with E-state index in [1.54, 1.807) is 14.0 Å². The highest BCUT2D eigenvalue weighted by molar-refractivity contribution is 5.75. The first-order valence-electron chi connectivity index (χ1n) is 7.67. The van der Waals surface area contributed by atoms with Gasteiger partial charge in [0.25, 0.3) is 0 Å². The first kappa shape index (κ1) is 16.8. The molecule has 5 heteroatoms. The molecule has 20 heavy (non-hydrogen) atoms. The number of carboxylic acid groups (broad SMARTS) is 1. The van der Waals surface area contributed by atoms with Gasteiger partial charge in [0.15, 0.2) is 0 Å². The average molecular weight is 284 g/mol. The van der Waals surface area contributed by atoms with Gasteiger partial charge in [-0.1, -0.05) is 39.5 Å². The summed E-state index contributed by atoms with van der Waals surface area (Å²) >= 11 is 0. The fourth-order valence-corrected chi connectivity index (χ4v) is 3.02. The average Bonchev–Trinajstić information content (AvgIpc) is 2.44. The molecule has 1 aliphatic carbocycles. The van der Waals surface area contributed by atoms with Crippen molar-refractivity contribution in [1.29, 1.82) is 0 Å². The summed E-state index contributed by atoms with van der Waals surface area (Å²) in [5.74, 6) is -0.123. The van der Waals surface area contributed by atoms with E-state index in [0.29, 0.717) is 18.4 Å². The van der Waals surface area contributed by atoms with E-state index in [2.05, 4.69) is 12.2 Å². The SMILES string of the molecule is CCC1CCCCC1CNC(=O)N(C)CC(C)C(=O)O. The molecule has 0 aromatic rings. The van der Waals surface area contributed by atoms with Gasteiger partial charge in [-0.25, -0.2) is 4.79 Å². The lowest BCUT2D eigenvalue weighted by atomic mass is 9.78. The van der Waals surface area contributed by atoms with Gasteiger partial charge in [-0.2, -0.15) is 0 Å². The Bertz CT molecular complexity index is 333. The first-order valence-corrected chi connectivity index (χ1v) is 7.67. The van der Waals surface area contributed by atoms with Crippen molar-refractivity contribution in [3.8, 4) is 0 Å². The highest BCUT2D eigenvalue weighted by Gasteiger charge is 2.24. The number of carbonyl (C=O) groups is 2. The Morgan fingerprint density at radius 2 is 1.90 bits per heavy atom. The number of hydrogen-bond acceptors (Lipinski definition) is 2. The predicted molar refractivity (Wildman–Crippen MR) is 78.6 cm³/mol. The van der Waals surface area contributed by atoms with E-state index in [1.165, 1.54) is 37.0 Å². The van der Waals surface area contributed by atoms with Crippen molar-refractivity contribution in [2.24, 2.45) is 17.8 Å². The van der Waals surface area contributed by atoms with Crippen molar-refractivity contribution in [3.63, 3.8) is 0 Å². The lowest BCUT2D eigenvalue weighted by Gasteiger charge is -2.31. The van der Waals surface area contributed by atoms with Crippen LogP contribution in [0.15, 0.2) is 0 Å². The fraction of sp³-hybridized carbons (Fsp3) is 0.867. The van der Waals surface area contributed by atoms with Crippen molar-refractivity contribution >= 4 is 12.0 Å². The number of urea groups is 1. The number of amides is 2. The third-order valence-corrected chi connectivity index (χ3v) is 4.42. The summed E-state index contributed by atoms with van der Waals surface area (Å²) in [6, 6.07) is -0.168. The number of carbonyl (C=O) groups excluding carboxylic acids is 1. The zero-order valence-electron chi connectivity index (χ0n) is 12.9. The van der Waals surface area contributed by atoms with Crippen LogP contribution in [0.4, 0.5) is 4.79 Å². The van der Waals surface area contributed by atoms with Crippen LogP contribution < -0.4 is 5.32 Å². The number of rotatable bonds is 6. The van der Waals surface area contributed by atoms with E-state index < -0.39 is 11.9 Å². The summed E-state index contributed by atoms with van der Waals surface area (Å²) in [7, 11) is 1.65. The normalized spacial score (nSPS) is 23.9. The van der Waals surface area contributed by atoms with Crippen molar-refractivity contribution in [3.05, 3.63) is 0 Å². The maximum Gasteiger partial charge on any atom is 0.317 e. The molecular formula is C15H28N2O3. The van der Waals surface area contributed by atoms with Crippen molar-refractivity contribution < 1.29 is 14.7 Å². The lowest BCUT2D eigenvalue weighted by molar-refractivity contribution is -0.141. The van der Waals surface area contributed by atoms with E-state index in [1.807, 2.05) is 0 Å². The van der Waals surface area contributed by atoms with Gasteiger partial charge in [0.2, 0.25) is 0 Å². The molecule has 0 aliphatic heterocycles. The summed E-state index contributed by atoms with van der Waals surface area (Å²) in [5, 5.41) is 11.8. The molecule has 5 nitrogen and oxygen atoms in total. The Balaban J connectivity index is 2.36. The molecule has 2 amide bonds. The third kappa shape index (κ3) is 5.02. The minimum Gasteiger partial charge on any atom is -0.481 e. The summed E-state index contributed by atoms with van der Waals surface area (Å²) in [4.78, 5) is 24.2. The van der Waals surface area contributed by atoms with Crippen LogP contribution in [0.3, 0.4) is 0 Å². The molecule has 0 aromatic heterocycles. The minimum absolute atomic E-state index is 0.168. The van der Waals surface area contributed by atoms with Gasteiger partial charge in [-0.15, -0.1) is 0 Å². The smallest absolute Gasteiger partial charge is 0.317 e. The number of nitrogens with one attached hydrogen (secondary N) is 1. The van der Waals surface area contributed by atoms with Crippen LogP contribution in [0.25, 0.3) is 0 Å². The quantitative estimate of drug-likeness (QED) is 0.787. The maximum atomic E-state index is 12.0. The van der Waals surface area contributed by atoms with E-state index >= 15 is 0 Å². The molecule has 3 atom stereocenters. The highest BCUT2D eigenvalue weighted by Crippen LogP contribution is 2.31. The summed E-state index contributed by atoms with van der Waals surface area (Å²) in [6.07, 6.45) is 6.19. The van der Waals surface area contributed by atoms with Crippen molar-refractivity contribution in [2.75, 3.05) is 20.1 Å². The van der Waals surface area contributed by atoms with Gasteiger partial charge < -0.3 is 15.3 Å². The van der Waals surface area contributed by atoms with Crippen LogP contribution >= 0.6 is 0 Å². The molecule has 1 fully saturated rings. The molecule has 0 radical (unpaired) electrons. The van der Waals surface area contributed by atoms with Crippen LogP contribution in [0.1, 0.15) is 46.0 Å². The van der Waals surface area contributed by atoms with E-state index in [4.69, 9.17) is 5.11 Å². The second-order valence-corrected chi connectivity index (χ2v) is 6.02. The van der Waals surface area contributed by atoms with Crippen molar-refractivity contribution in [1.82, 2.24) is 10.2 Å². The van der Waals surface area contributed by atoms with Crippen LogP contribution in [0.2, 0.25) is 0 Å². The number of nitrogens with zero attached hydrogens (tertiary/aromatic N) is 1. The van der Waals surface area contributed by atoms with Crippen LogP contribution in [0, 0.1) is 17.8 Å². The molecule has 0 bridgehead atoms. The van der Waals surface area contributed by atoms with E-state index in [0.717, 1.165) is 0 Å². The highest BCUT2D eigenvalue weighted by atomic mass is 16.4. The molecular weight excluding hydrogens is 256 g/mol. The van der Waals surface area contributed by atoms with Gasteiger partial charge in [0.05, 0.1) is 5.92 Å². The molecule has 0 aromatic carbocycles. The van der Waals surface area contributed by atoms with Crippen LogP contribution in [0.5, 0.6) is 0 Å². The monoisotopic (exact) mass is 284 g/mol. The second kappa shape index (κ2) is 8.12. The number of hydrogen-bond donors (Lipinski definition) is 2. The van der Waals surface area contributed by atoms with Crippen LogP contribution in [-0.2, 0) is 4.79 Å². The lowest BCUT2D eigenvalue weighted by Crippen LogP contribution is -2.43. The number of carboxylic acids is 1. The summed E-state index contributed by atoms with van der Waals surface area (Å²) in [5.41, 5.74) is 0. The molecule has 0 spiro atoms. The molecule has 1 saturated carbocycles. The molecule has 0 saturated heterocycles. The predicted octanol–water partition coefficient (Wildman–Crippen LogP) is 2.56. The Morgan fingerprint density at radius 3 is 2.45 bits per heavy atom. The molecule has 2 N–H and O–H groups in total. The third-order valence-electron chi connectivity index (χ3n) is 4.42. The molecule has 3 unspecified atom stereocenters. The largest absolute Gasteiger partial charge is 0.481 e. The molecule has 0 heterocycles. The number of aliphatic carboxylic acids is 1. The molecule has 116 valence electrons. The Hall–Kier alpha value is -1.26. The Morgan fingerprint density at radius 1 is 1.30 bits per heavy atom. The van der Waals surface area contributed by atoms with Gasteiger partial charge in [0, 0.05) is 20.1 Å². The van der Waals surface area contributed by atoms with E-state index in [9.17, 15) is 9.59 Å². The minimum atomic E-state index is -0.872. The zero-order valence-corrected chi connectivity index (χ0v) is 12.9.